The van der Waals surface area contributed by atoms with Crippen molar-refractivity contribution >= 4 is 21.9 Å². The lowest BCUT2D eigenvalue weighted by molar-refractivity contribution is 0.0734. The number of carbonyl (C=O) groups excluding carboxylic acids is 1. The number of carbonyl (C=O) groups is 1. The Bertz CT molecular complexity index is 1070. The molecule has 3 rings (SSSR count). The van der Waals surface area contributed by atoms with Crippen molar-refractivity contribution in [1.82, 2.24) is 9.97 Å². The minimum absolute atomic E-state index is 0.418. The van der Waals surface area contributed by atoms with E-state index in [-0.39, 0.29) is 0 Å². The molecule has 0 spiro atoms. The highest BCUT2D eigenvalue weighted by Crippen LogP contribution is 2.27. The first-order chi connectivity index (χ1) is 17.6. The van der Waals surface area contributed by atoms with Crippen molar-refractivity contribution in [2.24, 2.45) is 0 Å². The van der Waals surface area contributed by atoms with Gasteiger partial charge in [-0.1, -0.05) is 58.8 Å². The van der Waals surface area contributed by atoms with Crippen LogP contribution < -0.4 is 9.47 Å². The Balaban J connectivity index is 1.49. The average molecular weight is 554 g/mol. The van der Waals surface area contributed by atoms with E-state index in [0.717, 1.165) is 40.6 Å². The van der Waals surface area contributed by atoms with Crippen LogP contribution in [0.3, 0.4) is 0 Å². The summed E-state index contributed by atoms with van der Waals surface area (Å²) >= 11 is 3.52. The first kappa shape index (κ1) is 27.9. The molecule has 0 fully saturated rings. The van der Waals surface area contributed by atoms with Crippen LogP contribution in [-0.2, 0) is 6.42 Å². The van der Waals surface area contributed by atoms with Gasteiger partial charge in [0.25, 0.3) is 0 Å². The van der Waals surface area contributed by atoms with Crippen LogP contribution in [-0.4, -0.2) is 22.5 Å². The van der Waals surface area contributed by atoms with E-state index in [2.05, 4.69) is 39.7 Å². The summed E-state index contributed by atoms with van der Waals surface area (Å²) in [5.41, 5.74) is 2.49. The summed E-state index contributed by atoms with van der Waals surface area (Å²) < 4.78 is 12.2. The molecule has 0 amide bonds. The van der Waals surface area contributed by atoms with Gasteiger partial charge in [-0.25, -0.2) is 14.8 Å². The summed E-state index contributed by atoms with van der Waals surface area (Å²) in [6.07, 6.45) is 15.7. The molecule has 3 aromatic rings. The molecule has 36 heavy (non-hydrogen) atoms. The van der Waals surface area contributed by atoms with Crippen molar-refractivity contribution in [3.05, 3.63) is 70.5 Å². The zero-order valence-electron chi connectivity index (χ0n) is 21.5. The predicted octanol–water partition coefficient (Wildman–Crippen LogP) is 8.60. The predicted molar refractivity (Wildman–Crippen MR) is 149 cm³/mol. The van der Waals surface area contributed by atoms with Gasteiger partial charge < -0.3 is 9.47 Å². The molecule has 0 aliphatic rings. The van der Waals surface area contributed by atoms with Crippen LogP contribution in [0, 0.1) is 0 Å². The van der Waals surface area contributed by atoms with Crippen molar-refractivity contribution in [3.63, 3.8) is 0 Å². The van der Waals surface area contributed by atoms with Crippen molar-refractivity contribution < 1.29 is 14.3 Å². The largest absolute Gasteiger partial charge is 0.492 e. The van der Waals surface area contributed by atoms with Crippen LogP contribution in [0.2, 0.25) is 0 Å². The molecule has 0 N–H and O–H groups in total. The van der Waals surface area contributed by atoms with Crippen LogP contribution >= 0.6 is 15.9 Å². The summed E-state index contributed by atoms with van der Waals surface area (Å²) in [6, 6.07) is 12.5. The van der Waals surface area contributed by atoms with E-state index in [4.69, 9.17) is 9.47 Å². The number of unbranched alkanes of at least 4 members (excludes halogenated alkanes) is 7. The van der Waals surface area contributed by atoms with E-state index in [1.54, 1.807) is 24.3 Å². The molecule has 1 heterocycles. The Morgan fingerprint density at radius 2 is 1.50 bits per heavy atom. The first-order valence-corrected chi connectivity index (χ1v) is 14.0. The molecule has 0 radical (unpaired) electrons. The van der Waals surface area contributed by atoms with Crippen LogP contribution in [0.1, 0.15) is 87.6 Å². The third-order valence-corrected chi connectivity index (χ3v) is 6.64. The van der Waals surface area contributed by atoms with Crippen molar-refractivity contribution in [3.8, 4) is 22.9 Å². The average Bonchev–Trinajstić information content (AvgIpc) is 2.90. The lowest BCUT2D eigenvalue weighted by Gasteiger charge is -2.10. The summed E-state index contributed by atoms with van der Waals surface area (Å²) in [5.74, 6) is 1.45. The lowest BCUT2D eigenvalue weighted by Crippen LogP contribution is -2.09. The smallest absolute Gasteiger partial charge is 0.343 e. The fraction of sp³-hybridized carbons (Fsp3) is 0.433. The molecular formula is C30H37BrN2O3. The lowest BCUT2D eigenvalue weighted by atomic mass is 10.1. The molecule has 0 aliphatic heterocycles. The van der Waals surface area contributed by atoms with E-state index in [1.165, 1.54) is 44.9 Å². The number of hydrogen-bond acceptors (Lipinski definition) is 5. The number of ether oxygens (including phenoxy) is 2. The van der Waals surface area contributed by atoms with Gasteiger partial charge in [0.2, 0.25) is 0 Å². The van der Waals surface area contributed by atoms with Gasteiger partial charge in [-0.15, -0.1) is 0 Å². The minimum Gasteiger partial charge on any atom is -0.492 e. The molecular weight excluding hydrogens is 516 g/mol. The van der Waals surface area contributed by atoms with Gasteiger partial charge >= 0.3 is 5.97 Å². The normalized spacial score (nSPS) is 10.9. The van der Waals surface area contributed by atoms with Gasteiger partial charge in [-0.3, -0.25) is 0 Å². The zero-order valence-corrected chi connectivity index (χ0v) is 23.1. The second kappa shape index (κ2) is 15.4. The molecule has 0 aliphatic carbocycles. The summed E-state index contributed by atoms with van der Waals surface area (Å²) in [7, 11) is 0. The molecule has 0 atom stereocenters. The molecule has 0 bridgehead atoms. The van der Waals surface area contributed by atoms with Crippen LogP contribution in [0.5, 0.6) is 11.5 Å². The number of aryl methyl sites for hydroxylation is 1. The highest BCUT2D eigenvalue weighted by atomic mass is 79.9. The van der Waals surface area contributed by atoms with Gasteiger partial charge in [0.05, 0.1) is 16.6 Å². The number of halogens is 1. The Kier molecular flexibility index (Phi) is 11.9. The van der Waals surface area contributed by atoms with E-state index >= 15 is 0 Å². The number of aromatic nitrogens is 2. The molecule has 6 heteroatoms. The molecule has 0 saturated heterocycles. The number of benzene rings is 2. The Morgan fingerprint density at radius 1 is 0.833 bits per heavy atom. The second-order valence-corrected chi connectivity index (χ2v) is 9.90. The Morgan fingerprint density at radius 3 is 2.19 bits per heavy atom. The maximum absolute atomic E-state index is 12.7. The number of nitrogens with zero attached hydrogens (tertiary/aromatic N) is 2. The Labute approximate surface area is 223 Å². The van der Waals surface area contributed by atoms with Crippen molar-refractivity contribution in [1.29, 1.82) is 0 Å². The monoisotopic (exact) mass is 552 g/mol. The second-order valence-electron chi connectivity index (χ2n) is 9.05. The minimum atomic E-state index is -0.418. The zero-order chi connectivity index (χ0) is 25.6. The van der Waals surface area contributed by atoms with Crippen LogP contribution in [0.15, 0.2) is 59.3 Å². The maximum atomic E-state index is 12.7. The van der Waals surface area contributed by atoms with Crippen LogP contribution in [0.4, 0.5) is 0 Å². The molecule has 0 saturated carbocycles. The number of hydrogen-bond donors (Lipinski definition) is 0. The van der Waals surface area contributed by atoms with Crippen LogP contribution in [0.25, 0.3) is 11.4 Å². The highest BCUT2D eigenvalue weighted by Gasteiger charge is 2.12. The third kappa shape index (κ3) is 9.05. The van der Waals surface area contributed by atoms with E-state index in [1.807, 2.05) is 30.6 Å². The molecule has 5 nitrogen and oxygen atoms in total. The van der Waals surface area contributed by atoms with E-state index < -0.39 is 5.97 Å². The number of esters is 1. The van der Waals surface area contributed by atoms with E-state index in [9.17, 15) is 4.79 Å². The fourth-order valence-electron chi connectivity index (χ4n) is 3.86. The van der Waals surface area contributed by atoms with Crippen molar-refractivity contribution in [2.75, 3.05) is 6.61 Å². The van der Waals surface area contributed by atoms with Gasteiger partial charge in [-0.2, -0.15) is 0 Å². The topological polar surface area (TPSA) is 61.3 Å². The summed E-state index contributed by atoms with van der Waals surface area (Å²) in [6.45, 7) is 5.09. The molecule has 1 aromatic heterocycles. The summed E-state index contributed by atoms with van der Waals surface area (Å²) in [5, 5.41) is 0. The maximum Gasteiger partial charge on any atom is 0.343 e. The first-order valence-electron chi connectivity index (χ1n) is 13.2. The Hall–Kier alpha value is -2.73. The highest BCUT2D eigenvalue weighted by molar-refractivity contribution is 9.10. The van der Waals surface area contributed by atoms with Gasteiger partial charge in [0.1, 0.15) is 11.5 Å². The quantitative estimate of drug-likeness (QED) is 0.107. The van der Waals surface area contributed by atoms with Gasteiger partial charge in [0, 0.05) is 18.0 Å². The SMILES string of the molecule is CCCCCCCCOc1ccc(C(=O)Oc2ccc(-c3ncc(CCCCC)cn3)cc2)cc1Br. The molecule has 192 valence electrons. The van der Waals surface area contributed by atoms with Crippen molar-refractivity contribution in [2.45, 2.75) is 78.1 Å². The molecule has 2 aromatic carbocycles. The summed E-state index contributed by atoms with van der Waals surface area (Å²) in [4.78, 5) is 21.6. The van der Waals surface area contributed by atoms with Gasteiger partial charge in [-0.05, 0) is 83.2 Å². The standard InChI is InChI=1S/C30H37BrN2O3/c1-3-5-7-8-9-11-19-35-28-18-15-25(20-27(28)31)30(34)36-26-16-13-24(14-17-26)29-32-21-23(22-33-29)12-10-6-4-2/h13-18,20-22H,3-12,19H2,1-2H3. The van der Waals surface area contributed by atoms with E-state index in [0.29, 0.717) is 23.7 Å². The third-order valence-electron chi connectivity index (χ3n) is 6.02. The number of rotatable bonds is 15. The molecule has 0 unspecified atom stereocenters. The fourth-order valence-corrected chi connectivity index (χ4v) is 4.35. The van der Waals surface area contributed by atoms with Gasteiger partial charge in [0.15, 0.2) is 5.82 Å².